The van der Waals surface area contributed by atoms with Crippen LogP contribution in [0.15, 0.2) is 10.9 Å². The second kappa shape index (κ2) is 5.39. The van der Waals surface area contributed by atoms with Crippen molar-refractivity contribution in [3.05, 3.63) is 39.2 Å². The van der Waals surface area contributed by atoms with E-state index in [-0.39, 0.29) is 17.3 Å². The lowest BCUT2D eigenvalue weighted by Crippen LogP contribution is -2.28. The third kappa shape index (κ3) is 2.78. The number of aromatic amines is 2. The number of carbonyl (C=O) groups is 1. The van der Waals surface area contributed by atoms with Crippen LogP contribution in [0.2, 0.25) is 0 Å². The molecule has 2 aromatic rings. The summed E-state index contributed by atoms with van der Waals surface area (Å²) in [7, 11) is 0. The van der Waals surface area contributed by atoms with Crippen LogP contribution in [0.4, 0.5) is 5.82 Å². The van der Waals surface area contributed by atoms with Crippen molar-refractivity contribution in [3.8, 4) is 0 Å². The van der Waals surface area contributed by atoms with Crippen molar-refractivity contribution in [2.24, 2.45) is 0 Å². The number of hydrogen-bond acceptors (Lipinski definition) is 5. The summed E-state index contributed by atoms with van der Waals surface area (Å²) in [5, 5.41) is 9.74. The Morgan fingerprint density at radius 3 is 3.10 bits per heavy atom. The molecule has 0 spiro atoms. The minimum Gasteiger partial charge on any atom is -0.383 e. The molecule has 0 unspecified atom stereocenters. The lowest BCUT2D eigenvalue weighted by atomic mass is 10.2. The summed E-state index contributed by atoms with van der Waals surface area (Å²) in [6.45, 7) is 0.354. The molecule has 2 heterocycles. The van der Waals surface area contributed by atoms with E-state index in [0.717, 1.165) is 30.5 Å². The van der Waals surface area contributed by atoms with Crippen LogP contribution >= 0.6 is 0 Å². The Balaban J connectivity index is 1.60. The van der Waals surface area contributed by atoms with Crippen LogP contribution in [0, 0.1) is 0 Å². The molecule has 8 nitrogen and oxygen atoms in total. The van der Waals surface area contributed by atoms with E-state index >= 15 is 0 Å². The standard InChI is InChI=1S/C13H16N6O2/c14-9-6-11(20)17-10(16-9)4-5-15-13(21)12-7-2-1-3-8(7)18-19-12/h6H,1-5H2,(H,15,21)(H,18,19)(H3,14,16,17,20). The molecule has 8 heteroatoms. The highest BCUT2D eigenvalue weighted by molar-refractivity contribution is 5.94. The number of amides is 1. The van der Waals surface area contributed by atoms with Gasteiger partial charge in [-0.3, -0.25) is 14.7 Å². The molecule has 5 N–H and O–H groups in total. The number of nitrogen functional groups attached to an aromatic ring is 1. The van der Waals surface area contributed by atoms with Crippen molar-refractivity contribution in [2.45, 2.75) is 25.7 Å². The van der Waals surface area contributed by atoms with Gasteiger partial charge >= 0.3 is 0 Å². The predicted molar refractivity (Wildman–Crippen MR) is 75.9 cm³/mol. The molecule has 110 valence electrons. The maximum atomic E-state index is 12.1. The first-order chi connectivity index (χ1) is 10.1. The molecule has 0 atom stereocenters. The van der Waals surface area contributed by atoms with E-state index < -0.39 is 0 Å². The molecule has 21 heavy (non-hydrogen) atoms. The summed E-state index contributed by atoms with van der Waals surface area (Å²) >= 11 is 0. The number of hydrogen-bond donors (Lipinski definition) is 4. The Morgan fingerprint density at radius 1 is 1.43 bits per heavy atom. The largest absolute Gasteiger partial charge is 0.383 e. The van der Waals surface area contributed by atoms with Gasteiger partial charge in [-0.2, -0.15) is 5.10 Å². The summed E-state index contributed by atoms with van der Waals surface area (Å²) in [5.41, 5.74) is 7.74. The van der Waals surface area contributed by atoms with Crippen LogP contribution in [-0.4, -0.2) is 32.6 Å². The quantitative estimate of drug-likeness (QED) is 0.604. The van der Waals surface area contributed by atoms with Gasteiger partial charge in [-0.1, -0.05) is 0 Å². The number of carbonyl (C=O) groups excluding carboxylic acids is 1. The Bertz CT molecular complexity index is 733. The Kier molecular flexibility index (Phi) is 3.43. The number of fused-ring (bicyclic) bond motifs is 1. The smallest absolute Gasteiger partial charge is 0.272 e. The van der Waals surface area contributed by atoms with Crippen LogP contribution < -0.4 is 16.6 Å². The molecule has 0 radical (unpaired) electrons. The summed E-state index contributed by atoms with van der Waals surface area (Å²) in [6, 6.07) is 1.22. The average molecular weight is 288 g/mol. The number of nitrogens with two attached hydrogens (primary N) is 1. The van der Waals surface area contributed by atoms with Gasteiger partial charge in [-0.05, 0) is 19.3 Å². The van der Waals surface area contributed by atoms with Crippen LogP contribution in [0.5, 0.6) is 0 Å². The Labute approximate surface area is 120 Å². The maximum absolute atomic E-state index is 12.1. The molecular formula is C13H16N6O2. The molecule has 0 aliphatic heterocycles. The second-order valence-corrected chi connectivity index (χ2v) is 5.01. The first kappa shape index (κ1) is 13.3. The summed E-state index contributed by atoms with van der Waals surface area (Å²) in [5.74, 6) is 0.415. The highest BCUT2D eigenvalue weighted by Gasteiger charge is 2.22. The fourth-order valence-electron chi connectivity index (χ4n) is 2.53. The normalized spacial score (nSPS) is 13.1. The van der Waals surface area contributed by atoms with E-state index in [1.54, 1.807) is 0 Å². The molecule has 3 rings (SSSR count). The number of nitrogens with zero attached hydrogens (tertiary/aromatic N) is 2. The molecule has 1 aliphatic rings. The van der Waals surface area contributed by atoms with Gasteiger partial charge in [0.05, 0.1) is 0 Å². The number of H-pyrrole nitrogens is 2. The van der Waals surface area contributed by atoms with Crippen LogP contribution in [0.3, 0.4) is 0 Å². The number of rotatable bonds is 4. The third-order valence-electron chi connectivity index (χ3n) is 3.48. The lowest BCUT2D eigenvalue weighted by molar-refractivity contribution is 0.0948. The van der Waals surface area contributed by atoms with Crippen molar-refractivity contribution < 1.29 is 4.79 Å². The topological polar surface area (TPSA) is 130 Å². The monoisotopic (exact) mass is 288 g/mol. The van der Waals surface area contributed by atoms with Crippen LogP contribution in [0.1, 0.15) is 34.0 Å². The van der Waals surface area contributed by atoms with Crippen molar-refractivity contribution in [2.75, 3.05) is 12.3 Å². The number of nitrogens with one attached hydrogen (secondary N) is 3. The van der Waals surface area contributed by atoms with Crippen LogP contribution in [-0.2, 0) is 19.3 Å². The number of anilines is 1. The minimum absolute atomic E-state index is 0.171. The second-order valence-electron chi connectivity index (χ2n) is 5.01. The molecule has 0 saturated heterocycles. The van der Waals surface area contributed by atoms with E-state index in [2.05, 4.69) is 25.5 Å². The molecule has 2 aromatic heterocycles. The summed E-state index contributed by atoms with van der Waals surface area (Å²) in [4.78, 5) is 29.9. The van der Waals surface area contributed by atoms with E-state index in [9.17, 15) is 9.59 Å². The van der Waals surface area contributed by atoms with Gasteiger partial charge in [0.15, 0.2) is 5.69 Å². The zero-order valence-corrected chi connectivity index (χ0v) is 11.4. The van der Waals surface area contributed by atoms with E-state index in [4.69, 9.17) is 5.73 Å². The zero-order chi connectivity index (χ0) is 14.8. The lowest BCUT2D eigenvalue weighted by Gasteiger charge is -2.04. The molecule has 0 saturated carbocycles. The maximum Gasteiger partial charge on any atom is 0.272 e. The van der Waals surface area contributed by atoms with E-state index in [1.807, 2.05) is 0 Å². The fraction of sp³-hybridized carbons (Fsp3) is 0.385. The fourth-order valence-corrected chi connectivity index (χ4v) is 2.53. The first-order valence-corrected chi connectivity index (χ1v) is 6.83. The van der Waals surface area contributed by atoms with Gasteiger partial charge in [0, 0.05) is 30.3 Å². The predicted octanol–water partition coefficient (Wildman–Crippen LogP) is -0.464. The summed E-state index contributed by atoms with van der Waals surface area (Å²) in [6.07, 6.45) is 3.29. The van der Waals surface area contributed by atoms with Crippen molar-refractivity contribution >= 4 is 11.7 Å². The summed E-state index contributed by atoms with van der Waals surface area (Å²) < 4.78 is 0. The number of aromatic nitrogens is 4. The molecule has 1 amide bonds. The SMILES string of the molecule is Nc1cc(=O)[nH]c(CCNC(=O)c2n[nH]c3c2CCC3)n1. The van der Waals surface area contributed by atoms with Crippen LogP contribution in [0.25, 0.3) is 0 Å². The molecule has 0 bridgehead atoms. The Hall–Kier alpha value is -2.64. The van der Waals surface area contributed by atoms with Gasteiger partial charge in [0.25, 0.3) is 11.5 Å². The van der Waals surface area contributed by atoms with Crippen molar-refractivity contribution in [3.63, 3.8) is 0 Å². The van der Waals surface area contributed by atoms with Gasteiger partial charge in [-0.15, -0.1) is 0 Å². The molecule has 0 aromatic carbocycles. The van der Waals surface area contributed by atoms with Crippen molar-refractivity contribution in [1.29, 1.82) is 0 Å². The Morgan fingerprint density at radius 2 is 2.29 bits per heavy atom. The highest BCUT2D eigenvalue weighted by Crippen LogP contribution is 2.22. The average Bonchev–Trinajstić information content (AvgIpc) is 2.99. The number of aryl methyl sites for hydroxylation is 1. The minimum atomic E-state index is -0.297. The third-order valence-corrected chi connectivity index (χ3v) is 3.48. The molecule has 0 fully saturated rings. The molecular weight excluding hydrogens is 272 g/mol. The van der Waals surface area contributed by atoms with Gasteiger partial charge in [0.2, 0.25) is 0 Å². The molecule has 1 aliphatic carbocycles. The van der Waals surface area contributed by atoms with E-state index in [0.29, 0.717) is 24.5 Å². The zero-order valence-electron chi connectivity index (χ0n) is 11.4. The van der Waals surface area contributed by atoms with Gasteiger partial charge in [-0.25, -0.2) is 4.98 Å². The van der Waals surface area contributed by atoms with Gasteiger partial charge in [0.1, 0.15) is 11.6 Å². The van der Waals surface area contributed by atoms with Crippen molar-refractivity contribution in [1.82, 2.24) is 25.5 Å². The van der Waals surface area contributed by atoms with Gasteiger partial charge < -0.3 is 16.0 Å². The highest BCUT2D eigenvalue weighted by atomic mass is 16.2. The van der Waals surface area contributed by atoms with E-state index in [1.165, 1.54) is 6.07 Å². The first-order valence-electron chi connectivity index (χ1n) is 6.83.